The first kappa shape index (κ1) is 17.5. The van der Waals surface area contributed by atoms with E-state index in [2.05, 4.69) is 5.32 Å². The Labute approximate surface area is 150 Å². The third-order valence-electron chi connectivity index (χ3n) is 4.07. The highest BCUT2D eigenvalue weighted by atomic mass is 16.5. The Bertz CT molecular complexity index is 880. The van der Waals surface area contributed by atoms with Gasteiger partial charge in [-0.05, 0) is 29.8 Å². The normalized spacial score (nSPS) is 11.8. The molecule has 0 radical (unpaired) electrons. The second-order valence-corrected chi connectivity index (χ2v) is 5.73. The lowest BCUT2D eigenvalue weighted by molar-refractivity contribution is -0.141. The molecular formula is C20H19NO5. The summed E-state index contributed by atoms with van der Waals surface area (Å²) in [4.78, 5) is 24.4. The fourth-order valence-electron chi connectivity index (χ4n) is 2.66. The summed E-state index contributed by atoms with van der Waals surface area (Å²) < 4.78 is 15.5. The molecule has 26 heavy (non-hydrogen) atoms. The van der Waals surface area contributed by atoms with Crippen LogP contribution in [0, 0.1) is 0 Å². The van der Waals surface area contributed by atoms with Gasteiger partial charge in [0, 0.05) is 5.39 Å². The summed E-state index contributed by atoms with van der Waals surface area (Å²) in [6, 6.07) is 15.6. The molecule has 0 aliphatic carbocycles. The van der Waals surface area contributed by atoms with Gasteiger partial charge in [-0.15, -0.1) is 0 Å². The highest BCUT2D eigenvalue weighted by Crippen LogP contribution is 2.23. The van der Waals surface area contributed by atoms with E-state index in [0.717, 1.165) is 10.9 Å². The largest absolute Gasteiger partial charge is 0.497 e. The molecule has 0 spiro atoms. The molecule has 0 saturated carbocycles. The van der Waals surface area contributed by atoms with Crippen LogP contribution in [-0.4, -0.2) is 26.1 Å². The second kappa shape index (κ2) is 7.74. The van der Waals surface area contributed by atoms with Gasteiger partial charge >= 0.3 is 5.97 Å². The Morgan fingerprint density at radius 1 is 1.08 bits per heavy atom. The first-order valence-electron chi connectivity index (χ1n) is 8.11. The van der Waals surface area contributed by atoms with Crippen molar-refractivity contribution in [3.8, 4) is 5.75 Å². The predicted molar refractivity (Wildman–Crippen MR) is 96.0 cm³/mol. The summed E-state index contributed by atoms with van der Waals surface area (Å²) >= 11 is 0. The molecule has 6 nitrogen and oxygen atoms in total. The summed E-state index contributed by atoms with van der Waals surface area (Å²) in [6.07, 6.45) is 0.00873. The van der Waals surface area contributed by atoms with Crippen molar-refractivity contribution >= 4 is 22.8 Å². The van der Waals surface area contributed by atoms with Crippen LogP contribution in [0.2, 0.25) is 0 Å². The summed E-state index contributed by atoms with van der Waals surface area (Å²) in [5, 5.41) is 3.68. The quantitative estimate of drug-likeness (QED) is 0.687. The molecule has 1 N–H and O–H groups in total. The molecule has 0 fully saturated rings. The Hall–Kier alpha value is -3.28. The van der Waals surface area contributed by atoms with Gasteiger partial charge in [-0.1, -0.05) is 30.3 Å². The van der Waals surface area contributed by atoms with E-state index in [-0.39, 0.29) is 12.2 Å². The Morgan fingerprint density at radius 2 is 1.81 bits per heavy atom. The zero-order valence-corrected chi connectivity index (χ0v) is 14.5. The minimum Gasteiger partial charge on any atom is -0.497 e. The fourth-order valence-corrected chi connectivity index (χ4v) is 2.66. The number of para-hydroxylation sites is 1. The molecular weight excluding hydrogens is 334 g/mol. The number of ether oxygens (including phenoxy) is 2. The van der Waals surface area contributed by atoms with Crippen LogP contribution in [-0.2, 0) is 9.53 Å². The minimum atomic E-state index is -0.547. The maximum atomic E-state index is 12.6. The lowest BCUT2D eigenvalue weighted by Crippen LogP contribution is -2.30. The van der Waals surface area contributed by atoms with Gasteiger partial charge in [0.1, 0.15) is 11.3 Å². The molecule has 0 unspecified atom stereocenters. The molecule has 0 bridgehead atoms. The van der Waals surface area contributed by atoms with Crippen LogP contribution < -0.4 is 10.1 Å². The van der Waals surface area contributed by atoms with Gasteiger partial charge in [0.2, 0.25) is 0 Å². The van der Waals surface area contributed by atoms with E-state index in [1.165, 1.54) is 7.11 Å². The number of amides is 1. The second-order valence-electron chi connectivity index (χ2n) is 5.73. The van der Waals surface area contributed by atoms with Gasteiger partial charge in [0.15, 0.2) is 5.76 Å². The predicted octanol–water partition coefficient (Wildman–Crippen LogP) is 3.48. The molecule has 134 valence electrons. The van der Waals surface area contributed by atoms with Crippen LogP contribution in [0.1, 0.15) is 28.6 Å². The monoisotopic (exact) mass is 353 g/mol. The maximum Gasteiger partial charge on any atom is 0.307 e. The van der Waals surface area contributed by atoms with E-state index in [0.29, 0.717) is 11.3 Å². The number of rotatable bonds is 6. The summed E-state index contributed by atoms with van der Waals surface area (Å²) in [6.45, 7) is 0. The molecule has 1 atom stereocenters. The van der Waals surface area contributed by atoms with E-state index >= 15 is 0 Å². The number of carbonyl (C=O) groups is 2. The van der Waals surface area contributed by atoms with E-state index < -0.39 is 17.9 Å². The van der Waals surface area contributed by atoms with Crippen molar-refractivity contribution in [3.63, 3.8) is 0 Å². The molecule has 1 aromatic heterocycles. The average molecular weight is 353 g/mol. The zero-order chi connectivity index (χ0) is 18.5. The van der Waals surface area contributed by atoms with Crippen molar-refractivity contribution in [2.24, 2.45) is 0 Å². The number of benzene rings is 2. The van der Waals surface area contributed by atoms with E-state index in [9.17, 15) is 9.59 Å². The first-order valence-corrected chi connectivity index (χ1v) is 8.11. The van der Waals surface area contributed by atoms with Crippen LogP contribution in [0.3, 0.4) is 0 Å². The SMILES string of the molecule is COC(=O)C[C@@H](NC(=O)c1cc2ccccc2o1)c1ccc(OC)cc1. The highest BCUT2D eigenvalue weighted by molar-refractivity contribution is 5.96. The van der Waals surface area contributed by atoms with Crippen molar-refractivity contribution in [1.82, 2.24) is 5.32 Å². The highest BCUT2D eigenvalue weighted by Gasteiger charge is 2.21. The minimum absolute atomic E-state index is 0.00873. The van der Waals surface area contributed by atoms with Gasteiger partial charge in [-0.2, -0.15) is 0 Å². The molecule has 1 amide bonds. The number of hydrogen-bond acceptors (Lipinski definition) is 5. The topological polar surface area (TPSA) is 77.8 Å². The Morgan fingerprint density at radius 3 is 2.46 bits per heavy atom. The Balaban J connectivity index is 1.83. The van der Waals surface area contributed by atoms with Crippen molar-refractivity contribution in [2.45, 2.75) is 12.5 Å². The average Bonchev–Trinajstić information content (AvgIpc) is 3.11. The summed E-state index contributed by atoms with van der Waals surface area (Å²) in [5.41, 5.74) is 1.40. The van der Waals surface area contributed by atoms with Gasteiger partial charge in [-0.3, -0.25) is 9.59 Å². The molecule has 0 saturated heterocycles. The first-order chi connectivity index (χ1) is 12.6. The molecule has 6 heteroatoms. The van der Waals surface area contributed by atoms with Gasteiger partial charge < -0.3 is 19.2 Å². The van der Waals surface area contributed by atoms with Crippen molar-refractivity contribution in [1.29, 1.82) is 0 Å². The van der Waals surface area contributed by atoms with Gasteiger partial charge in [0.05, 0.1) is 26.7 Å². The van der Waals surface area contributed by atoms with E-state index in [1.807, 2.05) is 18.2 Å². The molecule has 0 aliphatic heterocycles. The number of furan rings is 1. The molecule has 3 aromatic rings. The van der Waals surface area contributed by atoms with Crippen molar-refractivity contribution in [3.05, 3.63) is 65.9 Å². The van der Waals surface area contributed by atoms with Crippen LogP contribution in [0.4, 0.5) is 0 Å². The molecule has 1 heterocycles. The number of hydrogen-bond donors (Lipinski definition) is 1. The van der Waals surface area contributed by atoms with Gasteiger partial charge in [0.25, 0.3) is 5.91 Å². The lowest BCUT2D eigenvalue weighted by Gasteiger charge is -2.18. The number of methoxy groups -OCH3 is 2. The van der Waals surface area contributed by atoms with Crippen LogP contribution in [0.15, 0.2) is 59.0 Å². The van der Waals surface area contributed by atoms with Crippen molar-refractivity contribution < 1.29 is 23.5 Å². The number of fused-ring (bicyclic) bond motifs is 1. The molecule has 2 aromatic carbocycles. The maximum absolute atomic E-state index is 12.6. The molecule has 3 rings (SSSR count). The zero-order valence-electron chi connectivity index (χ0n) is 14.5. The van der Waals surface area contributed by atoms with Crippen LogP contribution >= 0.6 is 0 Å². The fraction of sp³-hybridized carbons (Fsp3) is 0.200. The number of nitrogens with one attached hydrogen (secondary N) is 1. The van der Waals surface area contributed by atoms with E-state index in [1.54, 1.807) is 43.5 Å². The van der Waals surface area contributed by atoms with E-state index in [4.69, 9.17) is 13.9 Å². The lowest BCUT2D eigenvalue weighted by atomic mass is 10.0. The van der Waals surface area contributed by atoms with Crippen molar-refractivity contribution in [2.75, 3.05) is 14.2 Å². The smallest absolute Gasteiger partial charge is 0.307 e. The number of carbonyl (C=O) groups excluding carboxylic acids is 2. The third kappa shape index (κ3) is 3.85. The Kier molecular flexibility index (Phi) is 5.22. The van der Waals surface area contributed by atoms with Crippen LogP contribution in [0.25, 0.3) is 11.0 Å². The summed E-state index contributed by atoms with van der Waals surface area (Å²) in [7, 11) is 2.89. The summed E-state index contributed by atoms with van der Waals surface area (Å²) in [5.74, 6) is 0.0606. The number of esters is 1. The van der Waals surface area contributed by atoms with Gasteiger partial charge in [-0.25, -0.2) is 0 Å². The van der Waals surface area contributed by atoms with Crippen LogP contribution in [0.5, 0.6) is 5.75 Å². The standard InChI is InChI=1S/C20H19NO5/c1-24-15-9-7-13(8-10-15)16(12-19(22)25-2)21-20(23)18-11-14-5-3-4-6-17(14)26-18/h3-11,16H,12H2,1-2H3,(H,21,23)/t16-/m1/s1. The third-order valence-corrected chi connectivity index (χ3v) is 4.07. The molecule has 0 aliphatic rings.